The molecule has 0 saturated carbocycles. The minimum absolute atomic E-state index is 0.0730. The van der Waals surface area contributed by atoms with Gasteiger partial charge in [0.1, 0.15) is 12.9 Å². The molecule has 1 aromatic heterocycles. The van der Waals surface area contributed by atoms with Crippen molar-refractivity contribution >= 4 is 5.97 Å². The fourth-order valence-corrected chi connectivity index (χ4v) is 1.82. The van der Waals surface area contributed by atoms with Crippen LogP contribution in [0.4, 0.5) is 0 Å². The molecule has 20 heavy (non-hydrogen) atoms. The number of ether oxygens (including phenoxy) is 1. The van der Waals surface area contributed by atoms with Crippen LogP contribution in [0.5, 0.6) is 0 Å². The van der Waals surface area contributed by atoms with Crippen molar-refractivity contribution in [3.63, 3.8) is 0 Å². The van der Waals surface area contributed by atoms with Gasteiger partial charge in [0.2, 0.25) is 0 Å². The molecule has 1 aromatic carbocycles. The second kappa shape index (κ2) is 5.45. The predicted octanol–water partition coefficient (Wildman–Crippen LogP) is 2.42. The van der Waals surface area contributed by atoms with Crippen molar-refractivity contribution in [2.24, 2.45) is 0 Å². The summed E-state index contributed by atoms with van der Waals surface area (Å²) in [6.45, 7) is 6.59. The summed E-state index contributed by atoms with van der Waals surface area (Å²) in [6, 6.07) is 8.16. The summed E-state index contributed by atoms with van der Waals surface area (Å²) in [6.07, 6.45) is 1.53. The van der Waals surface area contributed by atoms with Crippen molar-refractivity contribution in [3.8, 4) is 11.4 Å². The highest BCUT2D eigenvalue weighted by Gasteiger charge is 2.14. The first-order valence-electron chi connectivity index (χ1n) is 6.47. The van der Waals surface area contributed by atoms with E-state index in [1.807, 2.05) is 12.1 Å². The fraction of sp³-hybridized carbons (Fsp3) is 0.400. The number of carbonyl (C=O) groups is 1. The summed E-state index contributed by atoms with van der Waals surface area (Å²) >= 11 is 0. The summed E-state index contributed by atoms with van der Waals surface area (Å²) in [5.74, 6) is 0.263. The Balaban J connectivity index is 2.18. The molecule has 0 radical (unpaired) electrons. The van der Waals surface area contributed by atoms with Crippen LogP contribution in [0.2, 0.25) is 0 Å². The summed E-state index contributed by atoms with van der Waals surface area (Å²) in [5, 5.41) is 4.26. The lowest BCUT2D eigenvalue weighted by Gasteiger charge is -2.18. The number of esters is 1. The van der Waals surface area contributed by atoms with E-state index in [0.29, 0.717) is 5.82 Å². The molecule has 0 aliphatic heterocycles. The van der Waals surface area contributed by atoms with Gasteiger partial charge in [-0.15, -0.1) is 0 Å². The molecule has 0 atom stereocenters. The maximum Gasteiger partial charge on any atom is 0.327 e. The van der Waals surface area contributed by atoms with E-state index in [1.54, 1.807) is 0 Å². The van der Waals surface area contributed by atoms with E-state index in [4.69, 9.17) is 0 Å². The molecule has 0 spiro atoms. The molecule has 0 bridgehead atoms. The first kappa shape index (κ1) is 14.2. The Kier molecular flexibility index (Phi) is 3.88. The lowest BCUT2D eigenvalue weighted by molar-refractivity contribution is -0.141. The van der Waals surface area contributed by atoms with Crippen molar-refractivity contribution in [1.29, 1.82) is 0 Å². The highest BCUT2D eigenvalue weighted by atomic mass is 16.5. The highest BCUT2D eigenvalue weighted by molar-refractivity contribution is 5.68. The molecule has 0 fully saturated rings. The minimum atomic E-state index is -0.343. The number of rotatable bonds is 3. The molecule has 0 aliphatic carbocycles. The molecule has 5 nitrogen and oxygen atoms in total. The van der Waals surface area contributed by atoms with Crippen LogP contribution in [-0.4, -0.2) is 27.8 Å². The van der Waals surface area contributed by atoms with Gasteiger partial charge < -0.3 is 4.74 Å². The monoisotopic (exact) mass is 273 g/mol. The van der Waals surface area contributed by atoms with E-state index < -0.39 is 0 Å². The molecule has 1 heterocycles. The molecule has 2 rings (SSSR count). The van der Waals surface area contributed by atoms with Gasteiger partial charge in [0.05, 0.1) is 7.11 Å². The fourth-order valence-electron chi connectivity index (χ4n) is 1.82. The first-order chi connectivity index (χ1) is 9.40. The van der Waals surface area contributed by atoms with Crippen molar-refractivity contribution in [2.75, 3.05) is 7.11 Å². The van der Waals surface area contributed by atoms with Gasteiger partial charge >= 0.3 is 5.97 Å². The molecular formula is C15H19N3O2. The minimum Gasteiger partial charge on any atom is -0.468 e. The molecule has 106 valence electrons. The van der Waals surface area contributed by atoms with Gasteiger partial charge in [0.25, 0.3) is 0 Å². The van der Waals surface area contributed by atoms with Gasteiger partial charge in [-0.1, -0.05) is 45.0 Å². The maximum absolute atomic E-state index is 11.2. The van der Waals surface area contributed by atoms with Gasteiger partial charge in [-0.2, -0.15) is 5.10 Å². The second-order valence-corrected chi connectivity index (χ2v) is 5.67. The number of methoxy groups -OCH3 is 1. The predicted molar refractivity (Wildman–Crippen MR) is 76.2 cm³/mol. The zero-order valence-electron chi connectivity index (χ0n) is 12.3. The number of hydrogen-bond acceptors (Lipinski definition) is 4. The van der Waals surface area contributed by atoms with Crippen LogP contribution in [0.15, 0.2) is 30.6 Å². The average Bonchev–Trinajstić information content (AvgIpc) is 2.86. The van der Waals surface area contributed by atoms with Crippen LogP contribution < -0.4 is 0 Å². The lowest BCUT2D eigenvalue weighted by atomic mass is 9.87. The van der Waals surface area contributed by atoms with Crippen LogP contribution in [0.25, 0.3) is 11.4 Å². The first-order valence-corrected chi connectivity index (χ1v) is 6.47. The SMILES string of the molecule is COC(=O)Cn1cnc(-c2ccc(C(C)(C)C)cc2)n1. The Labute approximate surface area is 118 Å². The normalized spacial score (nSPS) is 11.4. The molecule has 2 aromatic rings. The molecule has 0 amide bonds. The molecular weight excluding hydrogens is 254 g/mol. The topological polar surface area (TPSA) is 57.0 Å². The zero-order chi connectivity index (χ0) is 14.8. The summed E-state index contributed by atoms with van der Waals surface area (Å²) < 4.78 is 6.07. The number of benzene rings is 1. The average molecular weight is 273 g/mol. The van der Waals surface area contributed by atoms with Crippen LogP contribution >= 0.6 is 0 Å². The Bertz CT molecular complexity index is 594. The van der Waals surface area contributed by atoms with Crippen molar-refractivity contribution < 1.29 is 9.53 Å². The van der Waals surface area contributed by atoms with E-state index in [2.05, 4.69) is 47.7 Å². The highest BCUT2D eigenvalue weighted by Crippen LogP contribution is 2.24. The van der Waals surface area contributed by atoms with Crippen LogP contribution in [0.3, 0.4) is 0 Å². The van der Waals surface area contributed by atoms with Crippen molar-refractivity contribution in [1.82, 2.24) is 14.8 Å². The van der Waals surface area contributed by atoms with Crippen LogP contribution in [0.1, 0.15) is 26.3 Å². The molecule has 0 N–H and O–H groups in total. The maximum atomic E-state index is 11.2. The quantitative estimate of drug-likeness (QED) is 0.806. The largest absolute Gasteiger partial charge is 0.468 e. The van der Waals surface area contributed by atoms with Gasteiger partial charge in [-0.05, 0) is 11.0 Å². The smallest absolute Gasteiger partial charge is 0.327 e. The Hall–Kier alpha value is -2.17. The van der Waals surface area contributed by atoms with Gasteiger partial charge in [0.15, 0.2) is 5.82 Å². The Morgan fingerprint density at radius 1 is 1.25 bits per heavy atom. The second-order valence-electron chi connectivity index (χ2n) is 5.67. The Morgan fingerprint density at radius 2 is 1.90 bits per heavy atom. The van der Waals surface area contributed by atoms with E-state index in [0.717, 1.165) is 5.56 Å². The molecule has 0 aliphatic rings. The van der Waals surface area contributed by atoms with Gasteiger partial charge in [0, 0.05) is 5.56 Å². The van der Waals surface area contributed by atoms with Crippen molar-refractivity contribution in [2.45, 2.75) is 32.7 Å². The number of hydrogen-bond donors (Lipinski definition) is 0. The zero-order valence-corrected chi connectivity index (χ0v) is 12.3. The van der Waals surface area contributed by atoms with Gasteiger partial charge in [-0.3, -0.25) is 4.79 Å². The number of nitrogens with zero attached hydrogens (tertiary/aromatic N) is 3. The van der Waals surface area contributed by atoms with E-state index in [9.17, 15) is 4.79 Å². The number of carbonyl (C=O) groups excluding carboxylic acids is 1. The molecule has 0 unspecified atom stereocenters. The molecule has 5 heteroatoms. The summed E-state index contributed by atoms with van der Waals surface area (Å²) in [7, 11) is 1.35. The van der Waals surface area contributed by atoms with Crippen LogP contribution in [0, 0.1) is 0 Å². The van der Waals surface area contributed by atoms with Gasteiger partial charge in [-0.25, -0.2) is 9.67 Å². The summed E-state index contributed by atoms with van der Waals surface area (Å²) in [4.78, 5) is 15.4. The van der Waals surface area contributed by atoms with E-state index in [-0.39, 0.29) is 17.9 Å². The third-order valence-electron chi connectivity index (χ3n) is 3.06. The summed E-state index contributed by atoms with van der Waals surface area (Å²) in [5.41, 5.74) is 2.31. The number of aromatic nitrogens is 3. The van der Waals surface area contributed by atoms with E-state index >= 15 is 0 Å². The Morgan fingerprint density at radius 3 is 2.45 bits per heavy atom. The third-order valence-corrected chi connectivity index (χ3v) is 3.06. The van der Waals surface area contributed by atoms with E-state index in [1.165, 1.54) is 23.7 Å². The van der Waals surface area contributed by atoms with Crippen molar-refractivity contribution in [3.05, 3.63) is 36.2 Å². The van der Waals surface area contributed by atoms with Crippen LogP contribution in [-0.2, 0) is 21.5 Å². The lowest BCUT2D eigenvalue weighted by Crippen LogP contribution is -2.12. The molecule has 0 saturated heterocycles. The third kappa shape index (κ3) is 3.23. The standard InChI is InChI=1S/C15H19N3O2/c1-15(2,3)12-7-5-11(6-8-12)14-16-10-18(17-14)9-13(19)20-4/h5-8,10H,9H2,1-4H3.